The molecule has 2 aliphatic rings. The number of hydrogen-bond donors (Lipinski definition) is 2. The molecule has 1 aliphatic carbocycles. The van der Waals surface area contributed by atoms with Crippen molar-refractivity contribution >= 4 is 31.6 Å². The molecular weight excluding hydrogens is 390 g/mol. The maximum absolute atomic E-state index is 12.6. The number of hydrogen-bond acceptors (Lipinski definition) is 5. The smallest absolute Gasteiger partial charge is 0.242 e. The van der Waals surface area contributed by atoms with Crippen molar-refractivity contribution in [2.75, 3.05) is 17.6 Å². The minimum absolute atomic E-state index is 0.0101. The number of amides is 1. The Labute approximate surface area is 160 Å². The van der Waals surface area contributed by atoms with Crippen LogP contribution < -0.4 is 10.0 Å². The molecule has 0 bridgehead atoms. The Morgan fingerprint density at radius 3 is 2.59 bits per heavy atom. The molecule has 10 heteroatoms. The van der Waals surface area contributed by atoms with Crippen LogP contribution in [-0.2, 0) is 24.8 Å². The van der Waals surface area contributed by atoms with Crippen LogP contribution in [0.2, 0.25) is 0 Å². The van der Waals surface area contributed by atoms with Crippen molar-refractivity contribution in [2.24, 2.45) is 0 Å². The molecule has 8 nitrogen and oxygen atoms in total. The summed E-state index contributed by atoms with van der Waals surface area (Å²) in [5.41, 5.74) is 0.332. The van der Waals surface area contributed by atoms with Gasteiger partial charge in [0.15, 0.2) is 0 Å². The summed E-state index contributed by atoms with van der Waals surface area (Å²) < 4.78 is 53.2. The lowest BCUT2D eigenvalue weighted by molar-refractivity contribution is -0.119. The Hall–Kier alpha value is -1.49. The molecule has 1 aromatic carbocycles. The van der Waals surface area contributed by atoms with E-state index in [4.69, 9.17) is 0 Å². The topological polar surface area (TPSA) is 113 Å². The van der Waals surface area contributed by atoms with Crippen LogP contribution in [0.1, 0.15) is 39.0 Å². The van der Waals surface area contributed by atoms with E-state index < -0.39 is 32.0 Å². The van der Waals surface area contributed by atoms with Gasteiger partial charge in [0.1, 0.15) is 6.04 Å². The number of benzene rings is 1. The van der Waals surface area contributed by atoms with Crippen molar-refractivity contribution in [3.63, 3.8) is 0 Å². The molecule has 1 heterocycles. The van der Waals surface area contributed by atoms with E-state index in [2.05, 4.69) is 10.0 Å². The zero-order valence-corrected chi connectivity index (χ0v) is 16.9. The van der Waals surface area contributed by atoms with Gasteiger partial charge in [0, 0.05) is 18.3 Å². The number of rotatable bonds is 8. The van der Waals surface area contributed by atoms with Crippen LogP contribution in [0.25, 0.3) is 0 Å². The second-order valence-corrected chi connectivity index (χ2v) is 10.8. The summed E-state index contributed by atoms with van der Waals surface area (Å²) in [7, 11) is -7.09. The third kappa shape index (κ3) is 4.87. The molecule has 1 aromatic rings. The maximum atomic E-state index is 12.6. The number of carbonyl (C=O) groups is 1. The Bertz CT molecular complexity index is 910. The zero-order valence-electron chi connectivity index (χ0n) is 15.2. The van der Waals surface area contributed by atoms with Crippen molar-refractivity contribution < 1.29 is 21.6 Å². The van der Waals surface area contributed by atoms with Gasteiger partial charge in [-0.2, -0.15) is 4.31 Å². The first-order chi connectivity index (χ1) is 12.7. The van der Waals surface area contributed by atoms with Crippen LogP contribution in [0.3, 0.4) is 0 Å². The fourth-order valence-corrected chi connectivity index (χ4v) is 6.26. The first kappa shape index (κ1) is 20.2. The number of anilines is 1. The molecule has 0 unspecified atom stereocenters. The van der Waals surface area contributed by atoms with Gasteiger partial charge >= 0.3 is 0 Å². The van der Waals surface area contributed by atoms with Crippen LogP contribution in [-0.4, -0.2) is 51.4 Å². The van der Waals surface area contributed by atoms with Crippen molar-refractivity contribution in [1.82, 2.24) is 9.03 Å². The van der Waals surface area contributed by atoms with E-state index in [1.807, 2.05) is 0 Å². The Morgan fingerprint density at radius 2 is 1.93 bits per heavy atom. The lowest BCUT2D eigenvalue weighted by Gasteiger charge is -2.23. The fraction of sp³-hybridized carbons (Fsp3) is 0.588. The van der Waals surface area contributed by atoms with Gasteiger partial charge in [-0.1, -0.05) is 13.0 Å². The number of nitrogens with zero attached hydrogens (tertiary/aromatic N) is 1. The summed E-state index contributed by atoms with van der Waals surface area (Å²) in [4.78, 5) is 12.7. The molecule has 2 N–H and O–H groups in total. The SMILES string of the molecule is CCCS(=O)(=O)N1CCC[C@H]1C(=O)Nc1cccc(S(=O)(=O)NC2CC2)c1. The highest BCUT2D eigenvalue weighted by molar-refractivity contribution is 7.89. The standard InChI is InChI=1S/C17H25N3O5S2/c1-2-11-26(22,23)20-10-4-7-16(20)17(21)18-14-5-3-6-15(12-14)27(24,25)19-13-8-9-13/h3,5-6,12-13,16,19H,2,4,7-11H2,1H3,(H,18,21)/t16-/m0/s1. The molecule has 150 valence electrons. The van der Waals surface area contributed by atoms with E-state index in [9.17, 15) is 21.6 Å². The third-order valence-corrected chi connectivity index (χ3v) is 8.23. The Morgan fingerprint density at radius 1 is 1.19 bits per heavy atom. The predicted octanol–water partition coefficient (Wildman–Crippen LogP) is 1.27. The second-order valence-electron chi connectivity index (χ2n) is 7.00. The fourth-order valence-electron chi connectivity index (χ4n) is 3.17. The molecular formula is C17H25N3O5S2. The van der Waals surface area contributed by atoms with Gasteiger partial charge < -0.3 is 5.32 Å². The molecule has 1 aliphatic heterocycles. The average molecular weight is 416 g/mol. The molecule has 1 saturated heterocycles. The minimum atomic E-state index is -3.62. The second kappa shape index (κ2) is 7.86. The molecule has 0 aromatic heterocycles. The summed E-state index contributed by atoms with van der Waals surface area (Å²) in [5, 5.41) is 2.67. The zero-order chi connectivity index (χ0) is 19.7. The molecule has 27 heavy (non-hydrogen) atoms. The van der Waals surface area contributed by atoms with Crippen LogP contribution in [0.4, 0.5) is 5.69 Å². The molecule has 3 rings (SSSR count). The summed E-state index contributed by atoms with van der Waals surface area (Å²) in [6, 6.07) is 5.23. The molecule has 2 fully saturated rings. The molecule has 1 amide bonds. The van der Waals surface area contributed by atoms with E-state index >= 15 is 0 Å². The summed E-state index contributed by atoms with van der Waals surface area (Å²) in [6.07, 6.45) is 3.23. The molecule has 1 saturated carbocycles. The van der Waals surface area contributed by atoms with Crippen LogP contribution >= 0.6 is 0 Å². The van der Waals surface area contributed by atoms with E-state index in [-0.39, 0.29) is 16.7 Å². The van der Waals surface area contributed by atoms with Gasteiger partial charge in [-0.15, -0.1) is 0 Å². The van der Waals surface area contributed by atoms with Crippen molar-refractivity contribution in [2.45, 2.75) is 56.0 Å². The molecule has 0 spiro atoms. The van der Waals surface area contributed by atoms with Gasteiger partial charge in [0.05, 0.1) is 10.6 Å². The first-order valence-electron chi connectivity index (χ1n) is 9.16. The first-order valence-corrected chi connectivity index (χ1v) is 12.2. The van der Waals surface area contributed by atoms with Gasteiger partial charge in [-0.3, -0.25) is 4.79 Å². The van der Waals surface area contributed by atoms with E-state index in [1.54, 1.807) is 19.1 Å². The van der Waals surface area contributed by atoms with Crippen LogP contribution in [0, 0.1) is 0 Å². The largest absolute Gasteiger partial charge is 0.325 e. The minimum Gasteiger partial charge on any atom is -0.325 e. The highest BCUT2D eigenvalue weighted by Crippen LogP contribution is 2.25. The third-order valence-electron chi connectivity index (χ3n) is 4.64. The normalized spacial score (nSPS) is 21.3. The monoisotopic (exact) mass is 415 g/mol. The Balaban J connectivity index is 1.73. The van der Waals surface area contributed by atoms with E-state index in [1.165, 1.54) is 16.4 Å². The highest BCUT2D eigenvalue weighted by atomic mass is 32.2. The van der Waals surface area contributed by atoms with Gasteiger partial charge in [-0.05, 0) is 50.3 Å². The summed E-state index contributed by atoms with van der Waals surface area (Å²) in [6.45, 7) is 2.12. The van der Waals surface area contributed by atoms with Gasteiger partial charge in [-0.25, -0.2) is 21.6 Å². The van der Waals surface area contributed by atoms with Crippen molar-refractivity contribution in [3.05, 3.63) is 24.3 Å². The average Bonchev–Trinajstić information content (AvgIpc) is 3.24. The maximum Gasteiger partial charge on any atom is 0.242 e. The highest BCUT2D eigenvalue weighted by Gasteiger charge is 2.38. The van der Waals surface area contributed by atoms with Gasteiger partial charge in [0.25, 0.3) is 0 Å². The van der Waals surface area contributed by atoms with E-state index in [0.29, 0.717) is 31.5 Å². The number of carbonyl (C=O) groups excluding carboxylic acids is 1. The van der Waals surface area contributed by atoms with Crippen LogP contribution in [0.5, 0.6) is 0 Å². The summed E-state index contributed by atoms with van der Waals surface area (Å²) >= 11 is 0. The van der Waals surface area contributed by atoms with Crippen molar-refractivity contribution in [1.29, 1.82) is 0 Å². The van der Waals surface area contributed by atoms with Crippen LogP contribution in [0.15, 0.2) is 29.2 Å². The van der Waals surface area contributed by atoms with Gasteiger partial charge in [0.2, 0.25) is 26.0 Å². The lowest BCUT2D eigenvalue weighted by Crippen LogP contribution is -2.44. The number of sulfonamides is 2. The molecule has 1 atom stereocenters. The van der Waals surface area contributed by atoms with E-state index in [0.717, 1.165) is 12.8 Å². The number of nitrogens with one attached hydrogen (secondary N) is 2. The summed E-state index contributed by atoms with van der Waals surface area (Å²) in [5.74, 6) is -0.422. The lowest BCUT2D eigenvalue weighted by atomic mass is 10.2. The quantitative estimate of drug-likeness (QED) is 0.664. The Kier molecular flexibility index (Phi) is 5.90. The van der Waals surface area contributed by atoms with Crippen molar-refractivity contribution in [3.8, 4) is 0 Å². The predicted molar refractivity (Wildman–Crippen MR) is 102 cm³/mol. The molecule has 0 radical (unpaired) electrons.